The van der Waals surface area contributed by atoms with Crippen molar-refractivity contribution in [3.8, 4) is 0 Å². The maximum atomic E-state index is 5.00. The van der Waals surface area contributed by atoms with E-state index in [4.69, 9.17) is 9.97 Å². The van der Waals surface area contributed by atoms with Crippen molar-refractivity contribution in [1.82, 2.24) is 20.3 Å². The fourth-order valence-electron chi connectivity index (χ4n) is 4.77. The summed E-state index contributed by atoms with van der Waals surface area (Å²) in [7, 11) is 2.00. The lowest BCUT2D eigenvalue weighted by molar-refractivity contribution is 0.435. The standard InChI is InChI=1S/C29H38N6.C4H10/c1-18(2)22-16-31-27(32-21-11-12-23-20(14-21)15-30-17-29(23,7)8)34-26(22)35(9)24-13-10-19(3)25(33-24)28(4,5)6;1-4(2)3/h10-14,16,30H,1,15,17H2,2-9H3,(H,31,32,34);4H,1-3H3. The third-order valence-corrected chi connectivity index (χ3v) is 6.66. The Morgan fingerprint density at radius 1 is 1.10 bits per heavy atom. The first-order valence-electron chi connectivity index (χ1n) is 14.0. The van der Waals surface area contributed by atoms with Crippen molar-refractivity contribution in [3.05, 3.63) is 71.1 Å². The van der Waals surface area contributed by atoms with Gasteiger partial charge in [-0.2, -0.15) is 4.98 Å². The molecule has 0 radical (unpaired) electrons. The number of allylic oxidation sites excluding steroid dienone is 1. The maximum Gasteiger partial charge on any atom is 0.229 e. The van der Waals surface area contributed by atoms with Gasteiger partial charge >= 0.3 is 0 Å². The van der Waals surface area contributed by atoms with Crippen LogP contribution in [0.5, 0.6) is 0 Å². The van der Waals surface area contributed by atoms with Crippen molar-refractivity contribution in [2.45, 2.75) is 86.6 Å². The van der Waals surface area contributed by atoms with Gasteiger partial charge < -0.3 is 15.5 Å². The summed E-state index contributed by atoms with van der Waals surface area (Å²) in [6, 6.07) is 10.7. The largest absolute Gasteiger partial charge is 0.324 e. The number of nitrogens with one attached hydrogen (secondary N) is 2. The molecule has 1 aliphatic rings. The Balaban J connectivity index is 0.000000983. The van der Waals surface area contributed by atoms with Gasteiger partial charge in [-0.1, -0.05) is 74.1 Å². The van der Waals surface area contributed by atoms with E-state index in [0.717, 1.165) is 53.2 Å². The van der Waals surface area contributed by atoms with E-state index < -0.39 is 0 Å². The molecular weight excluding hydrogens is 480 g/mol. The summed E-state index contributed by atoms with van der Waals surface area (Å²) in [5, 5.41) is 6.93. The first-order valence-corrected chi connectivity index (χ1v) is 14.0. The van der Waals surface area contributed by atoms with Crippen LogP contribution in [-0.4, -0.2) is 28.5 Å². The Morgan fingerprint density at radius 3 is 2.38 bits per heavy atom. The summed E-state index contributed by atoms with van der Waals surface area (Å²) in [4.78, 5) is 16.5. The van der Waals surface area contributed by atoms with Crippen molar-refractivity contribution in [3.63, 3.8) is 0 Å². The van der Waals surface area contributed by atoms with Gasteiger partial charge in [-0.15, -0.1) is 0 Å². The first kappa shape index (κ1) is 30.3. The highest BCUT2D eigenvalue weighted by atomic mass is 15.2. The number of anilines is 4. The Kier molecular flexibility index (Phi) is 9.22. The number of hydrogen-bond acceptors (Lipinski definition) is 6. The highest BCUT2D eigenvalue weighted by Crippen LogP contribution is 2.34. The number of fused-ring (bicyclic) bond motifs is 1. The monoisotopic (exact) mass is 528 g/mol. The SMILES string of the molecule is C=C(C)c1cnc(Nc2ccc3c(c2)CNCC3(C)C)nc1N(C)c1ccc(C)c(C(C)(C)C)n1.CC(C)C. The van der Waals surface area contributed by atoms with Gasteiger partial charge in [-0.3, -0.25) is 0 Å². The Morgan fingerprint density at radius 2 is 1.77 bits per heavy atom. The Labute approximate surface area is 236 Å². The molecule has 0 atom stereocenters. The summed E-state index contributed by atoms with van der Waals surface area (Å²) in [5.74, 6) is 2.99. The van der Waals surface area contributed by atoms with Crippen molar-refractivity contribution in [1.29, 1.82) is 0 Å². The summed E-state index contributed by atoms with van der Waals surface area (Å²) < 4.78 is 0. The molecule has 3 aromatic rings. The molecule has 1 aliphatic heterocycles. The molecule has 0 amide bonds. The van der Waals surface area contributed by atoms with Crippen molar-refractivity contribution in [2.24, 2.45) is 5.92 Å². The van der Waals surface area contributed by atoms with Crippen LogP contribution < -0.4 is 15.5 Å². The zero-order chi connectivity index (χ0) is 29.1. The molecule has 3 heterocycles. The fraction of sp³-hybridized carbons (Fsp3) is 0.485. The number of benzene rings is 1. The van der Waals surface area contributed by atoms with Crippen molar-refractivity contribution in [2.75, 3.05) is 23.8 Å². The number of hydrogen-bond donors (Lipinski definition) is 2. The normalized spacial score (nSPS) is 14.3. The molecule has 0 fully saturated rings. The predicted octanol–water partition coefficient (Wildman–Crippen LogP) is 8.07. The summed E-state index contributed by atoms with van der Waals surface area (Å²) in [6.45, 7) is 27.7. The predicted molar refractivity (Wildman–Crippen MR) is 167 cm³/mol. The van der Waals surface area contributed by atoms with Gasteiger partial charge in [0, 0.05) is 48.4 Å². The smallest absolute Gasteiger partial charge is 0.229 e. The van der Waals surface area contributed by atoms with E-state index in [0.29, 0.717) is 5.95 Å². The molecule has 39 heavy (non-hydrogen) atoms. The fourth-order valence-corrected chi connectivity index (χ4v) is 4.77. The quantitative estimate of drug-likeness (QED) is 0.349. The Bertz CT molecular complexity index is 1310. The van der Waals surface area contributed by atoms with Gasteiger partial charge in [0.2, 0.25) is 5.95 Å². The molecule has 0 saturated carbocycles. The van der Waals surface area contributed by atoms with Gasteiger partial charge in [-0.05, 0) is 60.2 Å². The zero-order valence-corrected chi connectivity index (χ0v) is 26.0. The van der Waals surface area contributed by atoms with E-state index in [1.165, 1.54) is 16.7 Å². The van der Waals surface area contributed by atoms with E-state index in [2.05, 4.69) is 109 Å². The van der Waals surface area contributed by atoms with Crippen LogP contribution in [0.2, 0.25) is 0 Å². The van der Waals surface area contributed by atoms with E-state index in [1.807, 2.05) is 31.1 Å². The molecule has 210 valence electrons. The minimum atomic E-state index is -0.0492. The minimum Gasteiger partial charge on any atom is -0.324 e. The van der Waals surface area contributed by atoms with E-state index in [9.17, 15) is 0 Å². The molecule has 6 heteroatoms. The van der Waals surface area contributed by atoms with Crippen LogP contribution in [0.3, 0.4) is 0 Å². The molecule has 4 rings (SSSR count). The van der Waals surface area contributed by atoms with Crippen LogP contribution in [0.15, 0.2) is 43.1 Å². The van der Waals surface area contributed by atoms with Crippen molar-refractivity contribution < 1.29 is 0 Å². The third kappa shape index (κ3) is 7.45. The summed E-state index contributed by atoms with van der Waals surface area (Å²) in [6.07, 6.45) is 1.84. The molecule has 6 nitrogen and oxygen atoms in total. The molecule has 0 unspecified atom stereocenters. The van der Waals surface area contributed by atoms with Crippen LogP contribution in [0.25, 0.3) is 5.57 Å². The summed E-state index contributed by atoms with van der Waals surface area (Å²) in [5.41, 5.74) is 7.81. The van der Waals surface area contributed by atoms with Crippen molar-refractivity contribution >= 4 is 28.8 Å². The molecule has 1 aromatic carbocycles. The zero-order valence-electron chi connectivity index (χ0n) is 26.0. The topological polar surface area (TPSA) is 66.0 Å². The molecule has 0 aliphatic carbocycles. The van der Waals surface area contributed by atoms with Crippen LogP contribution >= 0.6 is 0 Å². The van der Waals surface area contributed by atoms with Gasteiger partial charge in [-0.25, -0.2) is 9.97 Å². The van der Waals surface area contributed by atoms with Gasteiger partial charge in [0.05, 0.1) is 5.69 Å². The highest BCUT2D eigenvalue weighted by molar-refractivity contribution is 5.75. The second-order valence-corrected chi connectivity index (χ2v) is 13.1. The average Bonchev–Trinajstić information content (AvgIpc) is 2.82. The number of rotatable bonds is 5. The Hall–Kier alpha value is -3.25. The average molecular weight is 529 g/mol. The molecule has 2 aromatic heterocycles. The number of aromatic nitrogens is 3. The summed E-state index contributed by atoms with van der Waals surface area (Å²) >= 11 is 0. The lowest BCUT2D eigenvalue weighted by Gasteiger charge is -2.33. The molecule has 0 spiro atoms. The van der Waals surface area contributed by atoms with E-state index in [1.54, 1.807) is 0 Å². The lowest BCUT2D eigenvalue weighted by Crippen LogP contribution is -2.38. The molecule has 2 N–H and O–H groups in total. The van der Waals surface area contributed by atoms with E-state index in [-0.39, 0.29) is 10.8 Å². The lowest BCUT2D eigenvalue weighted by atomic mass is 9.79. The van der Waals surface area contributed by atoms with Gasteiger partial charge in [0.25, 0.3) is 0 Å². The second-order valence-electron chi connectivity index (χ2n) is 13.1. The van der Waals surface area contributed by atoms with E-state index >= 15 is 0 Å². The number of nitrogens with zero attached hydrogens (tertiary/aromatic N) is 4. The molecule has 0 bridgehead atoms. The first-order chi connectivity index (χ1) is 18.1. The molecule has 0 saturated heterocycles. The van der Waals surface area contributed by atoms with Crippen LogP contribution in [0.1, 0.15) is 90.3 Å². The minimum absolute atomic E-state index is 0.0492. The van der Waals surface area contributed by atoms with Crippen LogP contribution in [-0.2, 0) is 17.4 Å². The number of pyridine rings is 1. The molecular formula is C33H48N6. The maximum absolute atomic E-state index is 5.00. The highest BCUT2D eigenvalue weighted by Gasteiger charge is 2.27. The number of aryl methyl sites for hydroxylation is 1. The van der Waals surface area contributed by atoms with Gasteiger partial charge in [0.15, 0.2) is 0 Å². The van der Waals surface area contributed by atoms with Gasteiger partial charge in [0.1, 0.15) is 11.6 Å². The second kappa shape index (κ2) is 11.9. The van der Waals surface area contributed by atoms with Crippen LogP contribution in [0, 0.1) is 12.8 Å². The third-order valence-electron chi connectivity index (χ3n) is 6.66. The van der Waals surface area contributed by atoms with Crippen LogP contribution in [0.4, 0.5) is 23.3 Å².